The second-order valence-corrected chi connectivity index (χ2v) is 6.37. The number of fused-ring (bicyclic) bond motifs is 1. The molecule has 0 spiro atoms. The number of hydrogen-bond donors (Lipinski definition) is 2. The Morgan fingerprint density at radius 3 is 2.33 bits per heavy atom. The summed E-state index contributed by atoms with van der Waals surface area (Å²) in [6, 6.07) is 5.19. The van der Waals surface area contributed by atoms with Gasteiger partial charge in [-0.1, -0.05) is 11.1 Å². The van der Waals surface area contributed by atoms with Crippen LogP contribution in [0.3, 0.4) is 0 Å². The quantitative estimate of drug-likeness (QED) is 0.832. The number of rotatable bonds is 3. The van der Waals surface area contributed by atoms with Crippen molar-refractivity contribution in [3.05, 3.63) is 29.3 Å². The smallest absolute Gasteiger partial charge is 0.307 e. The second-order valence-electron chi connectivity index (χ2n) is 6.37. The van der Waals surface area contributed by atoms with Crippen LogP contribution in [0.2, 0.25) is 0 Å². The molecule has 1 aromatic rings. The molecular formula is C18H21NO5. The summed E-state index contributed by atoms with van der Waals surface area (Å²) in [5, 5.41) is 12.3. The fraction of sp³-hybridized carbons (Fsp3) is 0.444. The van der Waals surface area contributed by atoms with Gasteiger partial charge in [0.25, 0.3) is 0 Å². The van der Waals surface area contributed by atoms with Crippen LogP contribution in [0.5, 0.6) is 11.5 Å². The summed E-state index contributed by atoms with van der Waals surface area (Å²) in [6.07, 6.45) is 0.888. The Hall–Kier alpha value is -2.50. The molecule has 2 atom stereocenters. The van der Waals surface area contributed by atoms with Crippen molar-refractivity contribution in [3.63, 3.8) is 0 Å². The summed E-state index contributed by atoms with van der Waals surface area (Å²) >= 11 is 0. The van der Waals surface area contributed by atoms with Gasteiger partial charge in [0.05, 0.1) is 11.8 Å². The molecule has 2 aliphatic rings. The number of ether oxygens (including phenoxy) is 2. The van der Waals surface area contributed by atoms with Gasteiger partial charge < -0.3 is 19.9 Å². The Balaban J connectivity index is 1.77. The average molecular weight is 331 g/mol. The van der Waals surface area contributed by atoms with Crippen LogP contribution in [0.15, 0.2) is 29.3 Å². The van der Waals surface area contributed by atoms with Crippen molar-refractivity contribution >= 4 is 17.6 Å². The fourth-order valence-corrected chi connectivity index (χ4v) is 3.18. The summed E-state index contributed by atoms with van der Waals surface area (Å²) in [4.78, 5) is 24.2. The Bertz CT molecular complexity index is 709. The number of amides is 1. The molecule has 0 radical (unpaired) electrons. The van der Waals surface area contributed by atoms with Crippen LogP contribution in [0, 0.1) is 11.8 Å². The van der Waals surface area contributed by atoms with E-state index in [2.05, 4.69) is 5.32 Å². The van der Waals surface area contributed by atoms with Crippen molar-refractivity contribution in [2.45, 2.75) is 26.7 Å². The molecule has 0 bridgehead atoms. The van der Waals surface area contributed by atoms with Crippen LogP contribution in [0.25, 0.3) is 0 Å². The van der Waals surface area contributed by atoms with Gasteiger partial charge in [-0.25, -0.2) is 0 Å². The monoisotopic (exact) mass is 331 g/mol. The maximum atomic E-state index is 12.6. The number of benzene rings is 1. The van der Waals surface area contributed by atoms with Gasteiger partial charge in [-0.2, -0.15) is 0 Å². The molecule has 0 saturated carbocycles. The highest BCUT2D eigenvalue weighted by Gasteiger charge is 2.37. The van der Waals surface area contributed by atoms with E-state index in [1.54, 1.807) is 18.2 Å². The van der Waals surface area contributed by atoms with Crippen LogP contribution in [0.1, 0.15) is 26.7 Å². The highest BCUT2D eigenvalue weighted by atomic mass is 16.6. The number of carbonyl (C=O) groups is 2. The maximum absolute atomic E-state index is 12.6. The minimum Gasteiger partial charge on any atom is -0.486 e. The lowest BCUT2D eigenvalue weighted by atomic mass is 9.76. The minimum absolute atomic E-state index is 0.272. The molecule has 0 aromatic heterocycles. The van der Waals surface area contributed by atoms with Gasteiger partial charge in [0, 0.05) is 11.8 Å². The van der Waals surface area contributed by atoms with E-state index in [-0.39, 0.29) is 5.91 Å². The third-order valence-electron chi connectivity index (χ3n) is 4.73. The second kappa shape index (κ2) is 6.55. The molecule has 24 heavy (non-hydrogen) atoms. The zero-order valence-electron chi connectivity index (χ0n) is 13.8. The predicted octanol–water partition coefficient (Wildman–Crippen LogP) is 2.84. The third kappa shape index (κ3) is 3.22. The zero-order valence-corrected chi connectivity index (χ0v) is 13.8. The van der Waals surface area contributed by atoms with Crippen molar-refractivity contribution in [3.8, 4) is 11.5 Å². The van der Waals surface area contributed by atoms with E-state index in [9.17, 15) is 14.7 Å². The van der Waals surface area contributed by atoms with E-state index in [4.69, 9.17) is 9.47 Å². The molecule has 0 unspecified atom stereocenters. The standard InChI is InChI=1S/C18H21NO5/c1-10-7-13(14(18(21)22)8-11(10)2)17(20)19-12-3-4-15-16(9-12)24-6-5-23-15/h3-4,9,13-14H,5-8H2,1-2H3,(H,19,20)(H,21,22)/t13-,14-/m0/s1. The van der Waals surface area contributed by atoms with Crippen molar-refractivity contribution in [2.75, 3.05) is 18.5 Å². The number of carboxylic acid groups (broad SMARTS) is 1. The number of anilines is 1. The van der Waals surface area contributed by atoms with Crippen molar-refractivity contribution in [1.29, 1.82) is 0 Å². The Labute approximate surface area is 140 Å². The SMILES string of the molecule is CC1=C(C)C[C@H](C(=O)Nc2ccc3c(c2)OCCO3)[C@@H](C(=O)O)C1. The normalized spacial score (nSPS) is 22.9. The molecule has 1 aliphatic carbocycles. The molecule has 1 aromatic carbocycles. The Kier molecular flexibility index (Phi) is 4.46. The van der Waals surface area contributed by atoms with Gasteiger partial charge in [-0.3, -0.25) is 9.59 Å². The lowest BCUT2D eigenvalue weighted by molar-refractivity contribution is -0.146. The van der Waals surface area contributed by atoms with E-state index in [1.165, 1.54) is 0 Å². The first-order chi connectivity index (χ1) is 11.5. The van der Waals surface area contributed by atoms with Gasteiger partial charge in [0.2, 0.25) is 5.91 Å². The summed E-state index contributed by atoms with van der Waals surface area (Å²) < 4.78 is 11.0. The van der Waals surface area contributed by atoms with Gasteiger partial charge >= 0.3 is 5.97 Å². The van der Waals surface area contributed by atoms with Crippen LogP contribution < -0.4 is 14.8 Å². The number of allylic oxidation sites excluding steroid dienone is 2. The Morgan fingerprint density at radius 1 is 1.04 bits per heavy atom. The predicted molar refractivity (Wildman–Crippen MR) is 88.3 cm³/mol. The van der Waals surface area contributed by atoms with Gasteiger partial charge in [-0.05, 0) is 38.8 Å². The molecule has 6 heteroatoms. The average Bonchev–Trinajstić information content (AvgIpc) is 2.56. The molecule has 1 aliphatic heterocycles. The van der Waals surface area contributed by atoms with E-state index in [1.807, 2.05) is 13.8 Å². The summed E-state index contributed by atoms with van der Waals surface area (Å²) in [6.45, 7) is 4.86. The van der Waals surface area contributed by atoms with Gasteiger partial charge in [0.1, 0.15) is 13.2 Å². The molecule has 6 nitrogen and oxygen atoms in total. The fourth-order valence-electron chi connectivity index (χ4n) is 3.18. The van der Waals surface area contributed by atoms with Crippen molar-refractivity contribution in [2.24, 2.45) is 11.8 Å². The highest BCUT2D eigenvalue weighted by molar-refractivity contribution is 5.95. The Morgan fingerprint density at radius 2 is 1.67 bits per heavy atom. The van der Waals surface area contributed by atoms with Gasteiger partial charge in [0.15, 0.2) is 11.5 Å². The molecular weight excluding hydrogens is 310 g/mol. The topological polar surface area (TPSA) is 84.9 Å². The molecule has 0 fully saturated rings. The number of carbonyl (C=O) groups excluding carboxylic acids is 1. The largest absolute Gasteiger partial charge is 0.486 e. The van der Waals surface area contributed by atoms with Gasteiger partial charge in [-0.15, -0.1) is 0 Å². The zero-order chi connectivity index (χ0) is 17.3. The van der Waals surface area contributed by atoms with E-state index < -0.39 is 17.8 Å². The maximum Gasteiger partial charge on any atom is 0.307 e. The number of nitrogens with one attached hydrogen (secondary N) is 1. The molecule has 2 N–H and O–H groups in total. The van der Waals surface area contributed by atoms with E-state index >= 15 is 0 Å². The molecule has 128 valence electrons. The van der Waals surface area contributed by atoms with Crippen molar-refractivity contribution < 1.29 is 24.2 Å². The first-order valence-electron chi connectivity index (χ1n) is 8.04. The molecule has 1 heterocycles. The third-order valence-corrected chi connectivity index (χ3v) is 4.73. The number of aliphatic carboxylic acids is 1. The first kappa shape index (κ1) is 16.4. The van der Waals surface area contributed by atoms with Crippen LogP contribution >= 0.6 is 0 Å². The summed E-state index contributed by atoms with van der Waals surface area (Å²) in [5.74, 6) is -1.22. The highest BCUT2D eigenvalue weighted by Crippen LogP contribution is 2.36. The minimum atomic E-state index is -0.927. The van der Waals surface area contributed by atoms with Crippen LogP contribution in [-0.4, -0.2) is 30.2 Å². The number of hydrogen-bond acceptors (Lipinski definition) is 4. The lowest BCUT2D eigenvalue weighted by Crippen LogP contribution is -2.36. The van der Waals surface area contributed by atoms with Crippen LogP contribution in [0.4, 0.5) is 5.69 Å². The summed E-state index contributed by atoms with van der Waals surface area (Å²) in [5.41, 5.74) is 2.73. The van der Waals surface area contributed by atoms with Crippen molar-refractivity contribution in [1.82, 2.24) is 0 Å². The van der Waals surface area contributed by atoms with E-state index in [0.29, 0.717) is 43.2 Å². The molecule has 0 saturated heterocycles. The molecule has 3 rings (SSSR count). The first-order valence-corrected chi connectivity index (χ1v) is 8.04. The van der Waals surface area contributed by atoms with E-state index in [0.717, 1.165) is 11.1 Å². The lowest BCUT2D eigenvalue weighted by Gasteiger charge is -2.29. The summed E-state index contributed by atoms with van der Waals surface area (Å²) in [7, 11) is 0. The van der Waals surface area contributed by atoms with Crippen LogP contribution in [-0.2, 0) is 9.59 Å². The molecule has 1 amide bonds. The number of carboxylic acids is 1.